The Balaban J connectivity index is 1.43. The number of nitrogens with zero attached hydrogens (tertiary/aromatic N) is 1. The molecule has 2 aliphatic rings. The van der Waals surface area contributed by atoms with Gasteiger partial charge >= 0.3 is 0 Å². The van der Waals surface area contributed by atoms with Crippen LogP contribution in [0.25, 0.3) is 0 Å². The lowest BCUT2D eigenvalue weighted by molar-refractivity contribution is -0.129. The van der Waals surface area contributed by atoms with Gasteiger partial charge in [0.1, 0.15) is 0 Å². The second-order valence-electron chi connectivity index (χ2n) is 6.13. The summed E-state index contributed by atoms with van der Waals surface area (Å²) >= 11 is 0. The first-order valence-electron chi connectivity index (χ1n) is 7.89. The molecule has 1 atom stereocenters. The van der Waals surface area contributed by atoms with Gasteiger partial charge in [-0.2, -0.15) is 0 Å². The topological polar surface area (TPSA) is 32.3 Å². The number of amides is 1. The highest BCUT2D eigenvalue weighted by Crippen LogP contribution is 2.29. The summed E-state index contributed by atoms with van der Waals surface area (Å²) in [6, 6.07) is 10.4. The molecule has 0 bridgehead atoms. The van der Waals surface area contributed by atoms with Gasteiger partial charge in [0.2, 0.25) is 5.91 Å². The van der Waals surface area contributed by atoms with Crippen LogP contribution in [-0.4, -0.2) is 30.1 Å². The third-order valence-electron chi connectivity index (χ3n) is 4.73. The van der Waals surface area contributed by atoms with E-state index in [9.17, 15) is 4.79 Å². The van der Waals surface area contributed by atoms with Crippen molar-refractivity contribution in [2.24, 2.45) is 5.92 Å². The first kappa shape index (κ1) is 13.6. The molecule has 3 heteroatoms. The van der Waals surface area contributed by atoms with Crippen LogP contribution < -0.4 is 5.32 Å². The van der Waals surface area contributed by atoms with Gasteiger partial charge < -0.3 is 4.90 Å². The van der Waals surface area contributed by atoms with Crippen LogP contribution in [0.5, 0.6) is 0 Å². The van der Waals surface area contributed by atoms with Gasteiger partial charge in [0.25, 0.3) is 0 Å². The van der Waals surface area contributed by atoms with Gasteiger partial charge in [-0.3, -0.25) is 10.1 Å². The maximum absolute atomic E-state index is 12.3. The Hall–Kier alpha value is -1.35. The predicted octanol–water partition coefficient (Wildman–Crippen LogP) is 2.57. The van der Waals surface area contributed by atoms with Crippen LogP contribution in [-0.2, 0) is 11.2 Å². The molecule has 1 aromatic rings. The third-order valence-corrected chi connectivity index (χ3v) is 4.73. The normalized spacial score (nSPS) is 23.1. The van der Waals surface area contributed by atoms with Gasteiger partial charge in [-0.05, 0) is 30.7 Å². The van der Waals surface area contributed by atoms with E-state index in [2.05, 4.69) is 29.6 Å². The molecule has 20 heavy (non-hydrogen) atoms. The number of carbonyl (C=O) groups excluding carboxylic acids is 1. The molecule has 1 aliphatic carbocycles. The minimum atomic E-state index is 0.0246. The Morgan fingerprint density at radius 3 is 2.65 bits per heavy atom. The quantitative estimate of drug-likeness (QED) is 0.863. The molecule has 2 fully saturated rings. The number of hydrogen-bond donors (Lipinski definition) is 1. The predicted molar refractivity (Wildman–Crippen MR) is 80.2 cm³/mol. The summed E-state index contributed by atoms with van der Waals surface area (Å²) in [5.41, 5.74) is 1.31. The SMILES string of the molecule is O=C1C(CCc2ccccc2)NCN1CCC1CCC1. The largest absolute Gasteiger partial charge is 0.329 e. The fourth-order valence-electron chi connectivity index (χ4n) is 3.10. The van der Waals surface area contributed by atoms with Crippen LogP contribution in [0.1, 0.15) is 37.7 Å². The monoisotopic (exact) mass is 272 g/mol. The summed E-state index contributed by atoms with van der Waals surface area (Å²) in [5, 5.41) is 3.36. The molecule has 3 nitrogen and oxygen atoms in total. The van der Waals surface area contributed by atoms with Gasteiger partial charge in [-0.25, -0.2) is 0 Å². The van der Waals surface area contributed by atoms with Crippen LogP contribution in [0, 0.1) is 5.92 Å². The fourth-order valence-corrected chi connectivity index (χ4v) is 3.10. The number of benzene rings is 1. The average molecular weight is 272 g/mol. The van der Waals surface area contributed by atoms with Crippen molar-refractivity contribution in [1.29, 1.82) is 0 Å². The minimum absolute atomic E-state index is 0.0246. The van der Waals surface area contributed by atoms with Gasteiger partial charge in [0, 0.05) is 6.54 Å². The lowest BCUT2D eigenvalue weighted by Gasteiger charge is -2.27. The van der Waals surface area contributed by atoms with Crippen molar-refractivity contribution in [3.05, 3.63) is 35.9 Å². The Morgan fingerprint density at radius 1 is 1.15 bits per heavy atom. The molecule has 1 amide bonds. The maximum atomic E-state index is 12.3. The van der Waals surface area contributed by atoms with Crippen molar-refractivity contribution in [3.63, 3.8) is 0 Å². The van der Waals surface area contributed by atoms with Crippen molar-refractivity contribution >= 4 is 5.91 Å². The first-order valence-corrected chi connectivity index (χ1v) is 7.89. The highest BCUT2D eigenvalue weighted by molar-refractivity contribution is 5.83. The van der Waals surface area contributed by atoms with E-state index in [4.69, 9.17) is 0 Å². The summed E-state index contributed by atoms with van der Waals surface area (Å²) in [7, 11) is 0. The molecule has 0 radical (unpaired) electrons. The molecule has 1 heterocycles. The Morgan fingerprint density at radius 2 is 1.95 bits per heavy atom. The van der Waals surface area contributed by atoms with Crippen molar-refractivity contribution in [2.75, 3.05) is 13.2 Å². The second kappa shape index (κ2) is 6.40. The molecule has 108 valence electrons. The van der Waals surface area contributed by atoms with E-state index in [1.54, 1.807) is 0 Å². The number of carbonyl (C=O) groups is 1. The molecule has 1 aromatic carbocycles. The Labute approximate surface area is 121 Å². The summed E-state index contributed by atoms with van der Waals surface area (Å²) in [6.45, 7) is 1.68. The van der Waals surface area contributed by atoms with Gasteiger partial charge in [-0.15, -0.1) is 0 Å². The van der Waals surface area contributed by atoms with Crippen LogP contribution in [0.3, 0.4) is 0 Å². The smallest absolute Gasteiger partial charge is 0.240 e. The van der Waals surface area contributed by atoms with Crippen LogP contribution in [0.15, 0.2) is 30.3 Å². The zero-order valence-electron chi connectivity index (χ0n) is 12.1. The van der Waals surface area contributed by atoms with E-state index in [1.165, 1.54) is 31.2 Å². The van der Waals surface area contributed by atoms with Gasteiger partial charge in [0.15, 0.2) is 0 Å². The second-order valence-corrected chi connectivity index (χ2v) is 6.13. The van der Waals surface area contributed by atoms with Gasteiger partial charge in [0.05, 0.1) is 12.7 Å². The molecule has 1 aliphatic heterocycles. The van der Waals surface area contributed by atoms with Crippen molar-refractivity contribution in [3.8, 4) is 0 Å². The fraction of sp³-hybridized carbons (Fsp3) is 0.588. The number of hydrogen-bond acceptors (Lipinski definition) is 2. The van der Waals surface area contributed by atoms with E-state index in [0.29, 0.717) is 5.91 Å². The van der Waals surface area contributed by atoms with E-state index in [1.807, 2.05) is 11.0 Å². The van der Waals surface area contributed by atoms with Crippen molar-refractivity contribution in [2.45, 2.75) is 44.6 Å². The number of rotatable bonds is 6. The number of aryl methyl sites for hydroxylation is 1. The van der Waals surface area contributed by atoms with Crippen molar-refractivity contribution in [1.82, 2.24) is 10.2 Å². The molecular weight excluding hydrogens is 248 g/mol. The van der Waals surface area contributed by atoms with Crippen LogP contribution >= 0.6 is 0 Å². The van der Waals surface area contributed by atoms with E-state index < -0.39 is 0 Å². The average Bonchev–Trinajstić information content (AvgIpc) is 2.77. The lowest BCUT2D eigenvalue weighted by Crippen LogP contribution is -2.32. The Kier molecular flexibility index (Phi) is 4.36. The maximum Gasteiger partial charge on any atom is 0.240 e. The van der Waals surface area contributed by atoms with Gasteiger partial charge in [-0.1, -0.05) is 49.6 Å². The summed E-state index contributed by atoms with van der Waals surface area (Å²) < 4.78 is 0. The molecule has 1 unspecified atom stereocenters. The molecule has 0 spiro atoms. The molecule has 3 rings (SSSR count). The minimum Gasteiger partial charge on any atom is -0.329 e. The standard InChI is InChI=1S/C17H24N2O/c20-17-16(10-9-14-5-2-1-3-6-14)18-13-19(17)12-11-15-7-4-8-15/h1-3,5-6,15-16,18H,4,7-13H2. The molecule has 1 saturated carbocycles. The molecular formula is C17H24N2O. The molecule has 0 aromatic heterocycles. The van der Waals surface area contributed by atoms with E-state index >= 15 is 0 Å². The highest BCUT2D eigenvalue weighted by atomic mass is 16.2. The summed E-state index contributed by atoms with van der Waals surface area (Å²) in [6.07, 6.45) is 7.19. The zero-order chi connectivity index (χ0) is 13.8. The third kappa shape index (κ3) is 3.21. The zero-order valence-corrected chi connectivity index (χ0v) is 12.1. The lowest BCUT2D eigenvalue weighted by atomic mass is 9.83. The Bertz CT molecular complexity index is 442. The van der Waals surface area contributed by atoms with Crippen LogP contribution in [0.4, 0.5) is 0 Å². The van der Waals surface area contributed by atoms with E-state index in [-0.39, 0.29) is 6.04 Å². The summed E-state index contributed by atoms with van der Waals surface area (Å²) in [5.74, 6) is 1.19. The summed E-state index contributed by atoms with van der Waals surface area (Å²) in [4.78, 5) is 14.3. The number of nitrogens with one attached hydrogen (secondary N) is 1. The highest BCUT2D eigenvalue weighted by Gasteiger charge is 2.31. The first-order chi connectivity index (χ1) is 9.83. The molecule has 1 saturated heterocycles. The molecule has 1 N–H and O–H groups in total. The van der Waals surface area contributed by atoms with Crippen molar-refractivity contribution < 1.29 is 4.79 Å². The van der Waals surface area contributed by atoms with E-state index in [0.717, 1.165) is 32.0 Å². The van der Waals surface area contributed by atoms with Crippen LogP contribution in [0.2, 0.25) is 0 Å².